The number of benzene rings is 1. The van der Waals surface area contributed by atoms with Crippen molar-refractivity contribution in [3.63, 3.8) is 0 Å². The fraction of sp³-hybridized carbons (Fsp3) is 0.333. The highest BCUT2D eigenvalue weighted by atomic mass is 35.5. The average molecular weight is 520 g/mol. The van der Waals surface area contributed by atoms with Crippen molar-refractivity contribution < 1.29 is 4.79 Å². The maximum Gasteiger partial charge on any atom is 0.255 e. The Bertz CT molecular complexity index is 1470. The summed E-state index contributed by atoms with van der Waals surface area (Å²) in [7, 11) is 0. The highest BCUT2D eigenvalue weighted by molar-refractivity contribution is 7.13. The van der Waals surface area contributed by atoms with Gasteiger partial charge in [-0.05, 0) is 67.7 Å². The van der Waals surface area contributed by atoms with Crippen LogP contribution < -0.4 is 10.9 Å². The number of anilines is 1. The van der Waals surface area contributed by atoms with Crippen LogP contribution in [0.25, 0.3) is 16.5 Å². The molecule has 1 fully saturated rings. The molecule has 7 nitrogen and oxygen atoms in total. The van der Waals surface area contributed by atoms with Gasteiger partial charge in [0.25, 0.3) is 5.56 Å². The number of halogens is 1. The van der Waals surface area contributed by atoms with Crippen molar-refractivity contribution in [3.05, 3.63) is 80.0 Å². The van der Waals surface area contributed by atoms with E-state index in [2.05, 4.69) is 10.3 Å². The van der Waals surface area contributed by atoms with Crippen molar-refractivity contribution in [2.45, 2.75) is 56.8 Å². The van der Waals surface area contributed by atoms with Crippen LogP contribution in [0.4, 0.5) is 5.82 Å². The molecule has 6 rings (SSSR count). The maximum absolute atomic E-state index is 13.9. The van der Waals surface area contributed by atoms with Gasteiger partial charge in [0.15, 0.2) is 0 Å². The van der Waals surface area contributed by atoms with Gasteiger partial charge in [0.1, 0.15) is 11.5 Å². The zero-order valence-corrected chi connectivity index (χ0v) is 21.3. The summed E-state index contributed by atoms with van der Waals surface area (Å²) in [5.74, 6) is 0.731. The number of carbonyl (C=O) groups excluding carboxylic acids is 1. The van der Waals surface area contributed by atoms with Crippen molar-refractivity contribution in [2.24, 2.45) is 0 Å². The van der Waals surface area contributed by atoms with E-state index in [1.807, 2.05) is 47.8 Å². The van der Waals surface area contributed by atoms with E-state index in [4.69, 9.17) is 21.7 Å². The number of H-pyrrole nitrogens is 1. The molecule has 9 heteroatoms. The number of aryl methyl sites for hydroxylation is 1. The molecule has 0 bridgehead atoms. The first-order valence-electron chi connectivity index (χ1n) is 12.4. The van der Waals surface area contributed by atoms with E-state index in [1.165, 1.54) is 0 Å². The molecule has 0 spiro atoms. The largest absolute Gasteiger partial charge is 0.310 e. The van der Waals surface area contributed by atoms with E-state index < -0.39 is 5.41 Å². The van der Waals surface area contributed by atoms with Crippen LogP contribution in [0.3, 0.4) is 0 Å². The molecular weight excluding hydrogens is 494 g/mol. The predicted molar refractivity (Wildman–Crippen MR) is 142 cm³/mol. The summed E-state index contributed by atoms with van der Waals surface area (Å²) in [4.78, 5) is 35.4. The van der Waals surface area contributed by atoms with Gasteiger partial charge in [-0.1, -0.05) is 42.6 Å². The van der Waals surface area contributed by atoms with Gasteiger partial charge in [-0.3, -0.25) is 14.6 Å². The van der Waals surface area contributed by atoms with E-state index in [0.717, 1.165) is 73.1 Å². The summed E-state index contributed by atoms with van der Waals surface area (Å²) >= 11 is 7.70. The van der Waals surface area contributed by atoms with Crippen LogP contribution in [0.2, 0.25) is 5.02 Å². The van der Waals surface area contributed by atoms with Crippen molar-refractivity contribution in [1.29, 1.82) is 0 Å². The zero-order chi connectivity index (χ0) is 24.7. The number of rotatable bonds is 5. The smallest absolute Gasteiger partial charge is 0.255 e. The number of nitrogens with zero attached hydrogens (tertiary/aromatic N) is 3. The highest BCUT2D eigenvalue weighted by Crippen LogP contribution is 2.42. The van der Waals surface area contributed by atoms with Crippen LogP contribution in [0.5, 0.6) is 0 Å². The molecule has 1 aromatic carbocycles. The first-order valence-corrected chi connectivity index (χ1v) is 13.6. The van der Waals surface area contributed by atoms with Gasteiger partial charge in [0.2, 0.25) is 11.9 Å². The van der Waals surface area contributed by atoms with Gasteiger partial charge < -0.3 is 5.32 Å². The Morgan fingerprint density at radius 3 is 2.61 bits per heavy atom. The molecule has 0 unspecified atom stereocenters. The number of amides is 1. The summed E-state index contributed by atoms with van der Waals surface area (Å²) in [6.45, 7) is 0. The lowest BCUT2D eigenvalue weighted by Crippen LogP contribution is -2.38. The van der Waals surface area contributed by atoms with Gasteiger partial charge in [-0.25, -0.2) is 4.98 Å². The molecule has 3 heterocycles. The molecule has 184 valence electrons. The molecule has 2 aliphatic rings. The highest BCUT2D eigenvalue weighted by Gasteiger charge is 2.43. The van der Waals surface area contributed by atoms with Crippen LogP contribution >= 0.6 is 22.9 Å². The predicted octanol–water partition coefficient (Wildman–Crippen LogP) is 5.67. The summed E-state index contributed by atoms with van der Waals surface area (Å²) in [5, 5.41) is 10.6. The molecule has 2 N–H and O–H groups in total. The second-order valence-electron chi connectivity index (χ2n) is 9.58. The van der Waals surface area contributed by atoms with Crippen LogP contribution in [-0.2, 0) is 23.1 Å². The van der Waals surface area contributed by atoms with E-state index in [1.54, 1.807) is 16.0 Å². The lowest BCUT2D eigenvalue weighted by atomic mass is 9.78. The molecule has 0 saturated heterocycles. The van der Waals surface area contributed by atoms with Crippen molar-refractivity contribution >= 4 is 34.7 Å². The van der Waals surface area contributed by atoms with E-state index in [0.29, 0.717) is 22.5 Å². The van der Waals surface area contributed by atoms with Crippen LogP contribution in [0.15, 0.2) is 52.6 Å². The van der Waals surface area contributed by atoms with Gasteiger partial charge in [0, 0.05) is 16.7 Å². The van der Waals surface area contributed by atoms with E-state index >= 15 is 0 Å². The van der Waals surface area contributed by atoms with Crippen molar-refractivity contribution in [1.82, 2.24) is 19.7 Å². The molecule has 36 heavy (non-hydrogen) atoms. The number of thiophene rings is 1. The zero-order valence-electron chi connectivity index (χ0n) is 19.7. The molecule has 2 aliphatic carbocycles. The Labute approximate surface area is 217 Å². The summed E-state index contributed by atoms with van der Waals surface area (Å²) in [6, 6.07) is 13.4. The molecule has 1 saturated carbocycles. The van der Waals surface area contributed by atoms with Gasteiger partial charge in [-0.2, -0.15) is 9.78 Å². The molecule has 0 radical (unpaired) electrons. The lowest BCUT2D eigenvalue weighted by Gasteiger charge is -2.28. The molecule has 4 aromatic rings. The Kier molecular flexibility index (Phi) is 6.01. The number of aromatic amines is 1. The third kappa shape index (κ3) is 4.08. The molecule has 0 aliphatic heterocycles. The minimum absolute atomic E-state index is 0.0819. The third-order valence-electron chi connectivity index (χ3n) is 7.39. The number of nitrogens with one attached hydrogen (secondary N) is 2. The number of aromatic nitrogens is 4. The Morgan fingerprint density at radius 2 is 1.86 bits per heavy atom. The minimum Gasteiger partial charge on any atom is -0.310 e. The second kappa shape index (κ2) is 9.33. The SMILES string of the molecule is O=C(Nc1cc(-c2cccs2)nn1-c1nc2c(c(=O)[nH]1)CCCC2)C1(c2ccc(Cl)cc2)CCCC1. The monoisotopic (exact) mass is 519 g/mol. The fourth-order valence-corrected chi connectivity index (χ4v) is 6.30. The third-order valence-corrected chi connectivity index (χ3v) is 8.54. The average Bonchev–Trinajstić information content (AvgIpc) is 3.66. The maximum atomic E-state index is 13.9. The number of hydrogen-bond donors (Lipinski definition) is 2. The van der Waals surface area contributed by atoms with Crippen molar-refractivity contribution in [3.8, 4) is 16.5 Å². The van der Waals surface area contributed by atoms with Crippen molar-refractivity contribution in [2.75, 3.05) is 5.32 Å². The Morgan fingerprint density at radius 1 is 1.08 bits per heavy atom. The quantitative estimate of drug-likeness (QED) is 0.355. The summed E-state index contributed by atoms with van der Waals surface area (Å²) < 4.78 is 1.56. The normalized spacial score (nSPS) is 16.6. The van der Waals surface area contributed by atoms with E-state index in [-0.39, 0.29) is 11.5 Å². The first-order chi connectivity index (χ1) is 17.5. The number of fused-ring (bicyclic) bond motifs is 1. The first kappa shape index (κ1) is 23.2. The Balaban J connectivity index is 1.42. The molecule has 3 aromatic heterocycles. The van der Waals surface area contributed by atoms with Gasteiger partial charge >= 0.3 is 0 Å². The molecule has 1 amide bonds. The van der Waals surface area contributed by atoms with Gasteiger partial charge in [-0.15, -0.1) is 11.3 Å². The van der Waals surface area contributed by atoms with Crippen LogP contribution in [-0.4, -0.2) is 25.7 Å². The number of carbonyl (C=O) groups is 1. The summed E-state index contributed by atoms with van der Waals surface area (Å²) in [5.41, 5.74) is 2.49. The Hall–Kier alpha value is -3.23. The standard InChI is InChI=1S/C27H26ClN5O2S/c28-18-11-9-17(10-12-18)27(13-3-4-14-27)25(35)30-23-16-21(22-8-5-15-36-22)32-33(23)26-29-20-7-2-1-6-19(20)24(34)31-26/h5,8-12,15-16H,1-4,6-7,13-14H2,(H,30,35)(H,29,31,34). The molecule has 0 atom stereocenters. The van der Waals surface area contributed by atoms with Crippen LogP contribution in [0, 0.1) is 0 Å². The topological polar surface area (TPSA) is 92.7 Å². The molecular formula is C27H26ClN5O2S. The van der Waals surface area contributed by atoms with Crippen LogP contribution in [0.1, 0.15) is 55.3 Å². The fourth-order valence-electron chi connectivity index (χ4n) is 5.50. The van der Waals surface area contributed by atoms with E-state index in [9.17, 15) is 9.59 Å². The van der Waals surface area contributed by atoms with Gasteiger partial charge in [0.05, 0.1) is 16.0 Å². The second-order valence-corrected chi connectivity index (χ2v) is 11.0. The lowest BCUT2D eigenvalue weighted by molar-refractivity contribution is -0.121. The summed E-state index contributed by atoms with van der Waals surface area (Å²) in [6.07, 6.45) is 7.01. The number of hydrogen-bond acceptors (Lipinski definition) is 5. The minimum atomic E-state index is -0.639.